The maximum atomic E-state index is 15.7. The fraction of sp³-hybridized carbons (Fsp3) is 0.600. The van der Waals surface area contributed by atoms with Gasteiger partial charge in [-0.1, -0.05) is 39.0 Å². The Hall–Kier alpha value is -3.26. The molecule has 0 spiro atoms. The third-order valence-electron chi connectivity index (χ3n) is 8.00. The summed E-state index contributed by atoms with van der Waals surface area (Å²) < 4.78 is 54.1. The molecule has 0 radical (unpaired) electrons. The van der Waals surface area contributed by atoms with Crippen LogP contribution >= 0.6 is 0 Å². The maximum absolute atomic E-state index is 15.7. The van der Waals surface area contributed by atoms with E-state index in [4.69, 9.17) is 18.9 Å². The van der Waals surface area contributed by atoms with Crippen LogP contribution in [0.3, 0.4) is 0 Å². The highest BCUT2D eigenvalue weighted by Gasteiger charge is 2.47. The molecular formula is C30H38F2N4O7. The number of aliphatic hydroxyl groups excluding tert-OH is 1. The molecule has 1 aliphatic carbocycles. The monoisotopic (exact) mass is 604 g/mol. The van der Waals surface area contributed by atoms with Crippen LogP contribution in [0, 0.1) is 5.41 Å². The molecule has 2 N–H and O–H groups in total. The minimum absolute atomic E-state index is 0.0265. The van der Waals surface area contributed by atoms with Gasteiger partial charge in [0.15, 0.2) is 5.69 Å². The number of esters is 1. The van der Waals surface area contributed by atoms with Crippen molar-refractivity contribution >= 4 is 22.9 Å². The van der Waals surface area contributed by atoms with Crippen LogP contribution in [-0.2, 0) is 29.7 Å². The van der Waals surface area contributed by atoms with Gasteiger partial charge in [-0.15, -0.1) is 0 Å². The van der Waals surface area contributed by atoms with E-state index in [2.05, 4.69) is 15.3 Å². The van der Waals surface area contributed by atoms with Gasteiger partial charge in [0.25, 0.3) is 0 Å². The summed E-state index contributed by atoms with van der Waals surface area (Å²) in [5, 5.41) is 13.7. The predicted octanol–water partition coefficient (Wildman–Crippen LogP) is 3.05. The summed E-state index contributed by atoms with van der Waals surface area (Å²) in [5.74, 6) is -5.17. The summed E-state index contributed by atoms with van der Waals surface area (Å²) in [6.07, 6.45) is 0.472. The number of aliphatic hydroxyl groups is 1. The molecule has 6 atom stereocenters. The van der Waals surface area contributed by atoms with Crippen LogP contribution in [-0.4, -0.2) is 88.9 Å². The second kappa shape index (κ2) is 12.4. The van der Waals surface area contributed by atoms with Gasteiger partial charge in [0.2, 0.25) is 18.2 Å². The van der Waals surface area contributed by atoms with Gasteiger partial charge < -0.3 is 29.0 Å². The first kappa shape index (κ1) is 31.2. The van der Waals surface area contributed by atoms with Crippen LogP contribution in [0.2, 0.25) is 0 Å². The second-order valence-electron chi connectivity index (χ2n) is 12.2. The molecule has 2 fully saturated rings. The van der Waals surface area contributed by atoms with Gasteiger partial charge in [0, 0.05) is 6.42 Å². The number of benzene rings is 1. The Bertz CT molecular complexity index is 1370. The molecular weight excluding hydrogens is 566 g/mol. The van der Waals surface area contributed by atoms with Gasteiger partial charge in [-0.05, 0) is 42.9 Å². The van der Waals surface area contributed by atoms with Crippen LogP contribution < -0.4 is 10.1 Å². The van der Waals surface area contributed by atoms with E-state index in [1.54, 1.807) is 24.3 Å². The highest BCUT2D eigenvalue weighted by atomic mass is 19.3. The third-order valence-corrected chi connectivity index (χ3v) is 8.00. The Morgan fingerprint density at radius 1 is 1.16 bits per heavy atom. The number of ether oxygens (including phenoxy) is 4. The standard InChI is InChI=1S/C30H38F2N4O7/c1-29(2,3)24-26(37)36-16-17(15-20(36)27(38)40-4)42-25-23(33-18-9-5-6-10-19(18)34-25)30(31,32)13-8-14-41-21-11-7-12-22(21)43-28(39)35-24/h5-6,8-10,13,17,20-22,24,28,35,39H,7,11-12,14-16H2,1-4H3/b13-8-/t17-,20+,21-,22-,24-,28?/m1/s1. The van der Waals surface area contributed by atoms with E-state index in [1.165, 1.54) is 18.1 Å². The Labute approximate surface area is 248 Å². The number of hydrogen-bond donors (Lipinski definition) is 2. The molecule has 234 valence electrons. The zero-order chi connectivity index (χ0) is 30.9. The van der Waals surface area contributed by atoms with Gasteiger partial charge in [-0.3, -0.25) is 10.1 Å². The van der Waals surface area contributed by atoms with E-state index in [0.717, 1.165) is 6.42 Å². The number of amides is 1. The smallest absolute Gasteiger partial charge is 0.328 e. The maximum Gasteiger partial charge on any atom is 0.328 e. The molecule has 1 aromatic heterocycles. The predicted molar refractivity (Wildman–Crippen MR) is 150 cm³/mol. The molecule has 43 heavy (non-hydrogen) atoms. The number of rotatable bonds is 1. The molecule has 13 heteroatoms. The number of carbonyl (C=O) groups excluding carboxylic acids is 2. The number of nitrogens with one attached hydrogen (secondary N) is 1. The minimum atomic E-state index is -3.58. The molecule has 1 saturated heterocycles. The highest BCUT2D eigenvalue weighted by Crippen LogP contribution is 2.37. The van der Waals surface area contributed by atoms with Crippen molar-refractivity contribution in [2.45, 2.75) is 89.2 Å². The highest BCUT2D eigenvalue weighted by molar-refractivity contribution is 5.89. The van der Waals surface area contributed by atoms with Crippen LogP contribution in [0.25, 0.3) is 11.0 Å². The topological polar surface area (TPSA) is 132 Å². The molecule has 3 aliphatic rings. The molecule has 1 amide bonds. The Morgan fingerprint density at radius 3 is 2.56 bits per heavy atom. The van der Waals surface area contributed by atoms with E-state index in [0.29, 0.717) is 24.4 Å². The molecule has 11 nitrogen and oxygen atoms in total. The van der Waals surface area contributed by atoms with Crippen molar-refractivity contribution in [3.8, 4) is 5.88 Å². The number of para-hydroxylation sites is 2. The van der Waals surface area contributed by atoms with Crippen molar-refractivity contribution in [1.82, 2.24) is 20.2 Å². The van der Waals surface area contributed by atoms with Crippen LogP contribution in [0.15, 0.2) is 36.4 Å². The number of carbonyl (C=O) groups is 2. The molecule has 3 heterocycles. The van der Waals surface area contributed by atoms with Gasteiger partial charge in [0.1, 0.15) is 12.1 Å². The van der Waals surface area contributed by atoms with Crippen LogP contribution in [0.1, 0.15) is 52.1 Å². The molecule has 1 saturated carbocycles. The molecule has 1 unspecified atom stereocenters. The zero-order valence-electron chi connectivity index (χ0n) is 24.7. The average molecular weight is 605 g/mol. The summed E-state index contributed by atoms with van der Waals surface area (Å²) in [5.41, 5.74) is -0.810. The SMILES string of the molecule is COC(=O)[C@@H]1C[C@@H]2CN1C(=O)[C@H](C(C)(C)C)NC(O)O[C@@H]1CCC[C@H]1OC/C=C\C(F)(F)c1nc3ccccc3nc1O2. The average Bonchev–Trinajstić information content (AvgIpc) is 3.58. The van der Waals surface area contributed by atoms with Crippen LogP contribution in [0.5, 0.6) is 5.88 Å². The normalized spacial score (nSPS) is 31.0. The van der Waals surface area contributed by atoms with Crippen molar-refractivity contribution in [2.24, 2.45) is 5.41 Å². The van der Waals surface area contributed by atoms with E-state index >= 15 is 8.78 Å². The Balaban J connectivity index is 1.56. The van der Waals surface area contributed by atoms with E-state index < -0.39 is 71.6 Å². The lowest BCUT2D eigenvalue weighted by molar-refractivity contribution is -0.189. The first-order valence-electron chi connectivity index (χ1n) is 14.5. The molecule has 2 aromatic rings. The fourth-order valence-electron chi connectivity index (χ4n) is 5.82. The summed E-state index contributed by atoms with van der Waals surface area (Å²) >= 11 is 0. The second-order valence-corrected chi connectivity index (χ2v) is 12.2. The molecule has 2 aliphatic heterocycles. The summed E-state index contributed by atoms with van der Waals surface area (Å²) in [6, 6.07) is 4.54. The Morgan fingerprint density at radius 2 is 1.86 bits per heavy atom. The Kier molecular flexibility index (Phi) is 8.98. The number of alkyl halides is 2. The van der Waals surface area contributed by atoms with Crippen molar-refractivity contribution in [3.05, 3.63) is 42.1 Å². The van der Waals surface area contributed by atoms with Crippen molar-refractivity contribution < 1.29 is 42.4 Å². The first-order chi connectivity index (χ1) is 20.4. The summed E-state index contributed by atoms with van der Waals surface area (Å²) in [4.78, 5) is 36.7. The molecule has 1 aromatic carbocycles. The number of hydrogen-bond acceptors (Lipinski definition) is 10. The van der Waals surface area contributed by atoms with Crippen molar-refractivity contribution in [3.63, 3.8) is 0 Å². The van der Waals surface area contributed by atoms with E-state index in [1.807, 2.05) is 20.8 Å². The van der Waals surface area contributed by atoms with Crippen molar-refractivity contribution in [1.29, 1.82) is 0 Å². The number of nitrogens with zero attached hydrogens (tertiary/aromatic N) is 3. The lowest BCUT2D eigenvalue weighted by Crippen LogP contribution is -2.58. The number of fused-ring (bicyclic) bond motifs is 5. The number of allylic oxidation sites excluding steroid dienone is 1. The summed E-state index contributed by atoms with van der Waals surface area (Å²) in [6.45, 7) is 5.20. The van der Waals surface area contributed by atoms with Gasteiger partial charge in [-0.25, -0.2) is 14.8 Å². The van der Waals surface area contributed by atoms with Gasteiger partial charge in [-0.2, -0.15) is 8.78 Å². The van der Waals surface area contributed by atoms with Gasteiger partial charge in [0.05, 0.1) is 49.5 Å². The van der Waals surface area contributed by atoms with Crippen LogP contribution in [0.4, 0.5) is 8.78 Å². The lowest BCUT2D eigenvalue weighted by Gasteiger charge is -2.37. The van der Waals surface area contributed by atoms with E-state index in [-0.39, 0.29) is 25.1 Å². The van der Waals surface area contributed by atoms with E-state index in [9.17, 15) is 14.7 Å². The lowest BCUT2D eigenvalue weighted by atomic mass is 9.85. The summed E-state index contributed by atoms with van der Waals surface area (Å²) in [7, 11) is 1.21. The molecule has 5 rings (SSSR count). The molecule has 2 bridgehead atoms. The largest absolute Gasteiger partial charge is 0.471 e. The first-order valence-corrected chi connectivity index (χ1v) is 14.5. The van der Waals surface area contributed by atoms with Gasteiger partial charge >= 0.3 is 11.9 Å². The number of methoxy groups -OCH3 is 1. The quantitative estimate of drug-likeness (QED) is 0.370. The fourth-order valence-corrected chi connectivity index (χ4v) is 5.82. The number of halogens is 2. The minimum Gasteiger partial charge on any atom is -0.471 e. The number of aromatic nitrogens is 2. The van der Waals surface area contributed by atoms with Crippen molar-refractivity contribution in [2.75, 3.05) is 20.3 Å². The third kappa shape index (κ3) is 6.79. The zero-order valence-corrected chi connectivity index (χ0v) is 24.7.